The molecule has 0 spiro atoms. The molecule has 2 aromatic rings. The molecule has 1 saturated heterocycles. The minimum absolute atomic E-state index is 0.287. The molecule has 1 aliphatic rings. The Morgan fingerprint density at radius 1 is 1.07 bits per heavy atom. The number of rotatable bonds is 5. The van der Waals surface area contributed by atoms with Crippen LogP contribution in [0.2, 0.25) is 10.0 Å². The summed E-state index contributed by atoms with van der Waals surface area (Å²) in [7, 11) is 0. The van der Waals surface area contributed by atoms with Crippen LogP contribution in [0.15, 0.2) is 42.5 Å². The van der Waals surface area contributed by atoms with Crippen molar-refractivity contribution in [1.82, 2.24) is 10.2 Å². The van der Waals surface area contributed by atoms with Crippen molar-refractivity contribution in [2.24, 2.45) is 0 Å². The number of nitrogens with one attached hydrogen (secondary N) is 2. The summed E-state index contributed by atoms with van der Waals surface area (Å²) in [6, 6.07) is 13.9. The maximum absolute atomic E-state index is 6.16. The van der Waals surface area contributed by atoms with E-state index in [2.05, 4.69) is 53.6 Å². The zero-order valence-electron chi connectivity index (χ0n) is 16.0. The standard InChI is InChI=1S/C21H25Cl2N3OS/c1-14-11-26(12-15(2)27-14)13-17-5-3-16(4-6-17)10-24-21(28)25-20-8-7-18(22)9-19(20)23/h3-9,14-15H,10-13H2,1-2H3,(H2,24,25,28). The second kappa shape index (κ2) is 9.90. The van der Waals surface area contributed by atoms with Gasteiger partial charge in [0.2, 0.25) is 0 Å². The molecule has 0 bridgehead atoms. The molecule has 0 aliphatic carbocycles. The van der Waals surface area contributed by atoms with E-state index in [9.17, 15) is 0 Å². The Morgan fingerprint density at radius 2 is 1.71 bits per heavy atom. The Kier molecular flexibility index (Phi) is 7.55. The fourth-order valence-electron chi connectivity index (χ4n) is 3.37. The average Bonchev–Trinajstić information content (AvgIpc) is 2.63. The molecule has 2 unspecified atom stereocenters. The molecule has 1 fully saturated rings. The molecular formula is C21H25Cl2N3OS. The van der Waals surface area contributed by atoms with Crippen LogP contribution in [-0.4, -0.2) is 35.3 Å². The first-order valence-electron chi connectivity index (χ1n) is 9.34. The third-order valence-corrected chi connectivity index (χ3v) is 5.35. The molecule has 1 aliphatic heterocycles. The third-order valence-electron chi connectivity index (χ3n) is 4.56. The fourth-order valence-corrected chi connectivity index (χ4v) is 4.01. The van der Waals surface area contributed by atoms with Gasteiger partial charge in [0.05, 0.1) is 22.9 Å². The van der Waals surface area contributed by atoms with Crippen molar-refractivity contribution >= 4 is 46.2 Å². The third kappa shape index (κ3) is 6.33. The van der Waals surface area contributed by atoms with Gasteiger partial charge in [-0.05, 0) is 55.4 Å². The Balaban J connectivity index is 1.48. The van der Waals surface area contributed by atoms with Crippen molar-refractivity contribution in [1.29, 1.82) is 0 Å². The number of halogens is 2. The monoisotopic (exact) mass is 437 g/mol. The van der Waals surface area contributed by atoms with E-state index in [0.29, 0.717) is 21.7 Å². The zero-order chi connectivity index (χ0) is 20.1. The minimum atomic E-state index is 0.287. The summed E-state index contributed by atoms with van der Waals surface area (Å²) in [5.74, 6) is 0. The Morgan fingerprint density at radius 3 is 2.36 bits per heavy atom. The molecule has 28 heavy (non-hydrogen) atoms. The molecule has 150 valence electrons. The van der Waals surface area contributed by atoms with Crippen LogP contribution in [0.1, 0.15) is 25.0 Å². The number of benzene rings is 2. The summed E-state index contributed by atoms with van der Waals surface area (Å²) in [6.07, 6.45) is 0.574. The molecule has 3 rings (SSSR count). The number of nitrogens with zero attached hydrogens (tertiary/aromatic N) is 1. The van der Waals surface area contributed by atoms with Gasteiger partial charge in [-0.1, -0.05) is 47.5 Å². The van der Waals surface area contributed by atoms with Crippen LogP contribution in [0.25, 0.3) is 0 Å². The lowest BCUT2D eigenvalue weighted by Gasteiger charge is -2.35. The van der Waals surface area contributed by atoms with Crippen molar-refractivity contribution in [2.75, 3.05) is 18.4 Å². The molecule has 7 heteroatoms. The van der Waals surface area contributed by atoms with Gasteiger partial charge in [0.1, 0.15) is 0 Å². The van der Waals surface area contributed by atoms with Gasteiger partial charge < -0.3 is 15.4 Å². The van der Waals surface area contributed by atoms with Crippen molar-refractivity contribution < 1.29 is 4.74 Å². The Bertz CT molecular complexity index is 806. The van der Waals surface area contributed by atoms with Gasteiger partial charge >= 0.3 is 0 Å². The highest BCUT2D eigenvalue weighted by Crippen LogP contribution is 2.25. The lowest BCUT2D eigenvalue weighted by atomic mass is 10.1. The van der Waals surface area contributed by atoms with E-state index in [-0.39, 0.29) is 12.2 Å². The van der Waals surface area contributed by atoms with Gasteiger partial charge in [-0.25, -0.2) is 0 Å². The lowest BCUT2D eigenvalue weighted by molar-refractivity contribution is -0.0704. The summed E-state index contributed by atoms with van der Waals surface area (Å²) in [5, 5.41) is 7.94. The quantitative estimate of drug-likeness (QED) is 0.636. The van der Waals surface area contributed by atoms with E-state index in [1.807, 2.05) is 0 Å². The number of hydrogen-bond donors (Lipinski definition) is 2. The number of morpholine rings is 1. The second-order valence-corrected chi connectivity index (χ2v) is 8.45. The van der Waals surface area contributed by atoms with Gasteiger partial charge in [-0.2, -0.15) is 0 Å². The van der Waals surface area contributed by atoms with E-state index >= 15 is 0 Å². The van der Waals surface area contributed by atoms with Crippen molar-refractivity contribution in [3.05, 3.63) is 63.6 Å². The normalized spacial score (nSPS) is 20.0. The van der Waals surface area contributed by atoms with E-state index in [1.165, 1.54) is 11.1 Å². The molecule has 0 saturated carbocycles. The zero-order valence-corrected chi connectivity index (χ0v) is 18.4. The molecule has 0 amide bonds. The molecule has 2 N–H and O–H groups in total. The van der Waals surface area contributed by atoms with Crippen LogP contribution < -0.4 is 10.6 Å². The van der Waals surface area contributed by atoms with Crippen LogP contribution in [0, 0.1) is 0 Å². The Labute approximate surface area is 182 Å². The highest BCUT2D eigenvalue weighted by atomic mass is 35.5. The number of ether oxygens (including phenoxy) is 1. The van der Waals surface area contributed by atoms with E-state index in [0.717, 1.165) is 25.3 Å². The van der Waals surface area contributed by atoms with Crippen LogP contribution >= 0.6 is 35.4 Å². The topological polar surface area (TPSA) is 36.5 Å². The predicted octanol–water partition coefficient (Wildman–Crippen LogP) is 5.09. The highest BCUT2D eigenvalue weighted by Gasteiger charge is 2.21. The van der Waals surface area contributed by atoms with Crippen molar-refractivity contribution in [3.8, 4) is 0 Å². The van der Waals surface area contributed by atoms with E-state index in [1.54, 1.807) is 18.2 Å². The van der Waals surface area contributed by atoms with Crippen molar-refractivity contribution in [2.45, 2.75) is 39.1 Å². The highest BCUT2D eigenvalue weighted by molar-refractivity contribution is 7.80. The summed E-state index contributed by atoms with van der Waals surface area (Å²) in [6.45, 7) is 7.79. The van der Waals surface area contributed by atoms with Gasteiger partial charge in [0.15, 0.2) is 5.11 Å². The summed E-state index contributed by atoms with van der Waals surface area (Å²) in [4.78, 5) is 2.45. The van der Waals surface area contributed by atoms with Crippen LogP contribution in [-0.2, 0) is 17.8 Å². The number of thiocarbonyl (C=S) groups is 1. The van der Waals surface area contributed by atoms with E-state index < -0.39 is 0 Å². The van der Waals surface area contributed by atoms with Gasteiger partial charge in [0.25, 0.3) is 0 Å². The lowest BCUT2D eigenvalue weighted by Crippen LogP contribution is -2.44. The summed E-state index contributed by atoms with van der Waals surface area (Å²) < 4.78 is 5.80. The van der Waals surface area contributed by atoms with Gasteiger partial charge in [-0.15, -0.1) is 0 Å². The van der Waals surface area contributed by atoms with Crippen LogP contribution in [0.4, 0.5) is 5.69 Å². The van der Waals surface area contributed by atoms with E-state index in [4.69, 9.17) is 40.2 Å². The van der Waals surface area contributed by atoms with Gasteiger partial charge in [0, 0.05) is 31.2 Å². The largest absolute Gasteiger partial charge is 0.373 e. The number of hydrogen-bond acceptors (Lipinski definition) is 3. The van der Waals surface area contributed by atoms with Gasteiger partial charge in [-0.3, -0.25) is 4.90 Å². The first kappa shape index (κ1) is 21.3. The molecular weight excluding hydrogens is 413 g/mol. The van der Waals surface area contributed by atoms with Crippen molar-refractivity contribution in [3.63, 3.8) is 0 Å². The molecule has 0 aromatic heterocycles. The average molecular weight is 438 g/mol. The van der Waals surface area contributed by atoms with Crippen LogP contribution in [0.5, 0.6) is 0 Å². The fraction of sp³-hybridized carbons (Fsp3) is 0.381. The summed E-state index contributed by atoms with van der Waals surface area (Å²) in [5.41, 5.74) is 3.20. The minimum Gasteiger partial charge on any atom is -0.373 e. The molecule has 4 nitrogen and oxygen atoms in total. The molecule has 2 atom stereocenters. The summed E-state index contributed by atoms with van der Waals surface area (Å²) >= 11 is 17.4. The maximum atomic E-state index is 6.16. The molecule has 0 radical (unpaired) electrons. The SMILES string of the molecule is CC1CN(Cc2ccc(CNC(=S)Nc3ccc(Cl)cc3Cl)cc2)CC(C)O1. The maximum Gasteiger partial charge on any atom is 0.171 e. The molecule has 1 heterocycles. The smallest absolute Gasteiger partial charge is 0.171 e. The molecule has 2 aromatic carbocycles. The first-order chi connectivity index (χ1) is 13.4. The van der Waals surface area contributed by atoms with Crippen LogP contribution in [0.3, 0.4) is 0 Å². The first-order valence-corrected chi connectivity index (χ1v) is 10.5. The second-order valence-electron chi connectivity index (χ2n) is 7.20. The number of anilines is 1. The predicted molar refractivity (Wildman–Crippen MR) is 121 cm³/mol. The Hall–Kier alpha value is -1.37.